The number of carbonyl (C=O) groups is 4. The average molecular weight is 253 g/mol. The van der Waals surface area contributed by atoms with Gasteiger partial charge < -0.3 is 4.84 Å². The van der Waals surface area contributed by atoms with Gasteiger partial charge in [0.1, 0.15) is 0 Å². The molecule has 0 spiro atoms. The minimum absolute atomic E-state index is 0.230. The Morgan fingerprint density at radius 2 is 1.72 bits per heavy atom. The van der Waals surface area contributed by atoms with Gasteiger partial charge in [-0.3, -0.25) is 19.2 Å². The van der Waals surface area contributed by atoms with Gasteiger partial charge in [-0.1, -0.05) is 5.16 Å². The molecule has 0 saturated heterocycles. The van der Waals surface area contributed by atoms with Gasteiger partial charge in [-0.15, -0.1) is 0 Å². The molecule has 0 unspecified atom stereocenters. The number of rotatable bonds is 5. The fraction of sp³-hybridized carbons (Fsp3) is 0.583. The predicted octanol–water partition coefficient (Wildman–Crippen LogP) is 0.618. The average Bonchev–Trinajstić information content (AvgIpc) is 2.60. The highest BCUT2D eigenvalue weighted by Gasteiger charge is 2.49. The van der Waals surface area contributed by atoms with Crippen molar-refractivity contribution in [2.24, 2.45) is 5.16 Å². The third-order valence-corrected chi connectivity index (χ3v) is 2.91. The fourth-order valence-corrected chi connectivity index (χ4v) is 1.87. The summed E-state index contributed by atoms with van der Waals surface area (Å²) in [7, 11) is 0. The van der Waals surface area contributed by atoms with Crippen LogP contribution in [0.4, 0.5) is 0 Å². The van der Waals surface area contributed by atoms with Crippen molar-refractivity contribution in [2.75, 3.05) is 0 Å². The smallest absolute Gasteiger partial charge is 0.252 e. The Balaban J connectivity index is 3.03. The standard InChI is InChI=1S/C12H15NO5/c1-7(14)11(8(2)15)13-18-12(9(3)16)6-4-5-10(12)17/h4-6H2,1-3H3/t12-/m1/s1. The van der Waals surface area contributed by atoms with Crippen molar-refractivity contribution >= 4 is 28.8 Å². The van der Waals surface area contributed by atoms with E-state index in [4.69, 9.17) is 4.84 Å². The third kappa shape index (κ3) is 2.52. The van der Waals surface area contributed by atoms with E-state index in [9.17, 15) is 19.2 Å². The first kappa shape index (κ1) is 14.2. The van der Waals surface area contributed by atoms with Crippen molar-refractivity contribution in [2.45, 2.75) is 45.6 Å². The van der Waals surface area contributed by atoms with Gasteiger partial charge in [-0.05, 0) is 13.3 Å². The lowest BCUT2D eigenvalue weighted by molar-refractivity contribution is -0.154. The molecule has 0 aromatic carbocycles. The monoisotopic (exact) mass is 253 g/mol. The summed E-state index contributed by atoms with van der Waals surface area (Å²) in [5.74, 6) is -1.94. The van der Waals surface area contributed by atoms with Crippen molar-refractivity contribution in [1.29, 1.82) is 0 Å². The zero-order valence-electron chi connectivity index (χ0n) is 10.6. The summed E-state index contributed by atoms with van der Waals surface area (Å²) < 4.78 is 0. The third-order valence-electron chi connectivity index (χ3n) is 2.91. The van der Waals surface area contributed by atoms with E-state index in [0.717, 1.165) is 0 Å². The minimum Gasteiger partial charge on any atom is -0.372 e. The molecule has 1 aliphatic carbocycles. The normalized spacial score (nSPS) is 22.5. The van der Waals surface area contributed by atoms with Gasteiger partial charge in [-0.2, -0.15) is 0 Å². The van der Waals surface area contributed by atoms with Gasteiger partial charge in [0, 0.05) is 26.7 Å². The highest BCUT2D eigenvalue weighted by Crippen LogP contribution is 2.31. The Hall–Kier alpha value is -1.85. The van der Waals surface area contributed by atoms with E-state index in [1.807, 2.05) is 0 Å². The van der Waals surface area contributed by atoms with Crippen LogP contribution in [0, 0.1) is 0 Å². The molecule has 1 fully saturated rings. The van der Waals surface area contributed by atoms with E-state index in [-0.39, 0.29) is 18.6 Å². The van der Waals surface area contributed by atoms with E-state index >= 15 is 0 Å². The van der Waals surface area contributed by atoms with E-state index in [0.29, 0.717) is 6.42 Å². The molecule has 0 amide bonds. The molecular formula is C12H15NO5. The van der Waals surface area contributed by atoms with Crippen LogP contribution in [-0.4, -0.2) is 34.4 Å². The molecule has 0 aliphatic heterocycles. The van der Waals surface area contributed by atoms with Gasteiger partial charge in [0.2, 0.25) is 0 Å². The SMILES string of the molecule is CC(=O)C(=NO[C@@]1(C(C)=O)CCCC1=O)C(C)=O. The molecule has 1 aliphatic rings. The molecule has 1 rings (SSSR count). The Morgan fingerprint density at radius 1 is 1.17 bits per heavy atom. The highest BCUT2D eigenvalue weighted by molar-refractivity contribution is 6.65. The lowest BCUT2D eigenvalue weighted by Gasteiger charge is -2.21. The molecule has 18 heavy (non-hydrogen) atoms. The van der Waals surface area contributed by atoms with Crippen molar-refractivity contribution < 1.29 is 24.0 Å². The summed E-state index contributed by atoms with van der Waals surface area (Å²) in [5, 5.41) is 3.42. The molecule has 1 atom stereocenters. The van der Waals surface area contributed by atoms with Crippen molar-refractivity contribution in [1.82, 2.24) is 0 Å². The summed E-state index contributed by atoms with van der Waals surface area (Å²) in [6.45, 7) is 3.57. The first-order valence-electron chi connectivity index (χ1n) is 5.63. The summed E-state index contributed by atoms with van der Waals surface area (Å²) in [6.07, 6.45) is 1.00. The number of Topliss-reactive ketones (excluding diaryl/α,β-unsaturated/α-hetero) is 4. The zero-order valence-corrected chi connectivity index (χ0v) is 10.6. The summed E-state index contributed by atoms with van der Waals surface area (Å²) in [4.78, 5) is 50.5. The molecule has 0 aromatic heterocycles. The number of carbonyl (C=O) groups excluding carboxylic acids is 4. The fourth-order valence-electron chi connectivity index (χ4n) is 1.87. The van der Waals surface area contributed by atoms with Gasteiger partial charge >= 0.3 is 0 Å². The topological polar surface area (TPSA) is 89.9 Å². The molecule has 1 saturated carbocycles. The Kier molecular flexibility index (Phi) is 4.11. The van der Waals surface area contributed by atoms with Crippen molar-refractivity contribution in [3.05, 3.63) is 0 Å². The molecule has 0 N–H and O–H groups in total. The maximum atomic E-state index is 11.7. The lowest BCUT2D eigenvalue weighted by Crippen LogP contribution is -2.43. The Morgan fingerprint density at radius 3 is 2.06 bits per heavy atom. The second kappa shape index (κ2) is 5.20. The van der Waals surface area contributed by atoms with Gasteiger partial charge in [-0.25, -0.2) is 0 Å². The highest BCUT2D eigenvalue weighted by atomic mass is 16.7. The minimum atomic E-state index is -1.61. The van der Waals surface area contributed by atoms with Crippen LogP contribution in [0.2, 0.25) is 0 Å². The molecule has 0 aromatic rings. The maximum Gasteiger partial charge on any atom is 0.252 e. The number of hydrogen-bond donors (Lipinski definition) is 0. The van der Waals surface area contributed by atoms with Gasteiger partial charge in [0.15, 0.2) is 28.8 Å². The van der Waals surface area contributed by atoms with Crippen LogP contribution in [0.15, 0.2) is 5.16 Å². The molecule has 0 heterocycles. The largest absolute Gasteiger partial charge is 0.372 e. The molecule has 6 heteroatoms. The van der Waals surface area contributed by atoms with Crippen LogP contribution < -0.4 is 0 Å². The quantitative estimate of drug-likeness (QED) is 0.407. The van der Waals surface area contributed by atoms with E-state index in [2.05, 4.69) is 5.16 Å². The predicted molar refractivity (Wildman–Crippen MR) is 62.2 cm³/mol. The molecular weight excluding hydrogens is 238 g/mol. The number of hydrogen-bond acceptors (Lipinski definition) is 6. The second-order valence-electron chi connectivity index (χ2n) is 4.30. The van der Waals surface area contributed by atoms with E-state index in [1.165, 1.54) is 20.8 Å². The summed E-state index contributed by atoms with van der Waals surface area (Å²) >= 11 is 0. The van der Waals surface area contributed by atoms with E-state index in [1.54, 1.807) is 0 Å². The number of nitrogens with zero attached hydrogens (tertiary/aromatic N) is 1. The van der Waals surface area contributed by atoms with Gasteiger partial charge in [0.05, 0.1) is 0 Å². The molecule has 0 bridgehead atoms. The van der Waals surface area contributed by atoms with Crippen LogP contribution in [-0.2, 0) is 24.0 Å². The van der Waals surface area contributed by atoms with Crippen LogP contribution in [0.1, 0.15) is 40.0 Å². The first-order chi connectivity index (χ1) is 8.31. The Labute approximate surface area is 104 Å². The number of oxime groups is 1. The summed E-state index contributed by atoms with van der Waals surface area (Å²) in [5.41, 5.74) is -2.01. The zero-order chi connectivity index (χ0) is 13.9. The Bertz CT molecular complexity index is 435. The van der Waals surface area contributed by atoms with Crippen molar-refractivity contribution in [3.8, 4) is 0 Å². The maximum absolute atomic E-state index is 11.7. The summed E-state index contributed by atoms with van der Waals surface area (Å²) in [6, 6.07) is 0. The van der Waals surface area contributed by atoms with Crippen LogP contribution in [0.3, 0.4) is 0 Å². The van der Waals surface area contributed by atoms with Crippen LogP contribution in [0.5, 0.6) is 0 Å². The molecule has 0 radical (unpaired) electrons. The lowest BCUT2D eigenvalue weighted by atomic mass is 9.97. The van der Waals surface area contributed by atoms with Gasteiger partial charge in [0.25, 0.3) is 5.60 Å². The van der Waals surface area contributed by atoms with Crippen LogP contribution in [0.25, 0.3) is 0 Å². The molecule has 6 nitrogen and oxygen atoms in total. The van der Waals surface area contributed by atoms with Crippen molar-refractivity contribution in [3.63, 3.8) is 0 Å². The van der Waals surface area contributed by atoms with E-state index < -0.39 is 28.7 Å². The number of ketones is 4. The second-order valence-corrected chi connectivity index (χ2v) is 4.30. The van der Waals surface area contributed by atoms with Crippen LogP contribution >= 0.6 is 0 Å². The first-order valence-corrected chi connectivity index (χ1v) is 5.63. The molecule has 98 valence electrons.